The fraction of sp³-hybridized carbons (Fsp3) is 0.391. The lowest BCUT2D eigenvalue weighted by molar-refractivity contribution is -0.0237. The zero-order valence-corrected chi connectivity index (χ0v) is 17.5. The largest absolute Gasteiger partial charge is 0.396 e. The fourth-order valence-corrected chi connectivity index (χ4v) is 4.24. The number of fused-ring (bicyclic) bond motifs is 1. The van der Waals surface area contributed by atoms with Crippen molar-refractivity contribution in [3.63, 3.8) is 0 Å². The van der Waals surface area contributed by atoms with Crippen molar-refractivity contribution in [1.29, 1.82) is 5.41 Å². The minimum absolute atomic E-state index is 0.147. The summed E-state index contributed by atoms with van der Waals surface area (Å²) in [4.78, 5) is 2.17. The van der Waals surface area contributed by atoms with E-state index in [-0.39, 0.29) is 5.92 Å². The van der Waals surface area contributed by atoms with Crippen LogP contribution in [0.3, 0.4) is 0 Å². The number of hydrogen-bond acceptors (Lipinski definition) is 5. The summed E-state index contributed by atoms with van der Waals surface area (Å²) in [7, 11) is 0. The molecule has 0 radical (unpaired) electrons. The van der Waals surface area contributed by atoms with Crippen LogP contribution >= 0.6 is 0 Å². The zero-order chi connectivity index (χ0) is 21.6. The highest BCUT2D eigenvalue weighted by atomic mass is 19.3. The molecule has 7 heteroatoms. The Morgan fingerprint density at radius 3 is 2.60 bits per heavy atom. The molecule has 0 amide bonds. The Bertz CT molecular complexity index is 996. The first-order valence-electron chi connectivity index (χ1n) is 10.2. The SMILES string of the molecule is CC(=N)C1CCN(C2=C(c3ccccc3)C(C)=C(N)C3=C=CC(C(C)(F)F)NN32)C1. The van der Waals surface area contributed by atoms with Gasteiger partial charge in [0, 0.05) is 37.2 Å². The van der Waals surface area contributed by atoms with Crippen LogP contribution in [0.25, 0.3) is 5.57 Å². The number of rotatable bonds is 4. The predicted molar refractivity (Wildman–Crippen MR) is 114 cm³/mol. The Hall–Kier alpha value is -2.89. The third-order valence-electron chi connectivity index (χ3n) is 6.06. The first-order chi connectivity index (χ1) is 14.2. The quantitative estimate of drug-likeness (QED) is 0.520. The van der Waals surface area contributed by atoms with Gasteiger partial charge in [-0.15, -0.1) is 0 Å². The second-order valence-electron chi connectivity index (χ2n) is 8.28. The van der Waals surface area contributed by atoms with E-state index in [4.69, 9.17) is 11.1 Å². The van der Waals surface area contributed by atoms with E-state index in [1.165, 1.54) is 6.08 Å². The number of hydrogen-bond donors (Lipinski definition) is 3. The standard InChI is InChI=1S/C23H27F2N5/c1-14-20(16-7-5-4-6-8-16)22(29-12-11-17(13-29)15(2)26)30-18(21(14)27)9-10-19(28-30)23(3,24)25/h4-8,10,17,19,26,28H,11-13,27H2,1-3H3. The van der Waals surface area contributed by atoms with Gasteiger partial charge in [0.15, 0.2) is 0 Å². The van der Waals surface area contributed by atoms with Crippen LogP contribution in [0.4, 0.5) is 8.78 Å². The normalized spacial score (nSPS) is 24.4. The van der Waals surface area contributed by atoms with Crippen molar-refractivity contribution < 1.29 is 8.78 Å². The lowest BCUT2D eigenvalue weighted by Gasteiger charge is -2.43. The van der Waals surface area contributed by atoms with Gasteiger partial charge in [-0.05, 0) is 37.5 Å². The van der Waals surface area contributed by atoms with Crippen LogP contribution in [0.15, 0.2) is 64.9 Å². The minimum atomic E-state index is -2.96. The first kappa shape index (κ1) is 20.4. The van der Waals surface area contributed by atoms with Gasteiger partial charge in [0.2, 0.25) is 0 Å². The maximum absolute atomic E-state index is 14.2. The minimum Gasteiger partial charge on any atom is -0.396 e. The molecule has 0 saturated carbocycles. The second kappa shape index (κ2) is 7.42. The zero-order valence-electron chi connectivity index (χ0n) is 17.5. The summed E-state index contributed by atoms with van der Waals surface area (Å²) < 4.78 is 28.3. The number of nitrogens with zero attached hydrogens (tertiary/aromatic N) is 2. The molecule has 158 valence electrons. The Labute approximate surface area is 175 Å². The van der Waals surface area contributed by atoms with Gasteiger partial charge < -0.3 is 16.0 Å². The average Bonchev–Trinajstić information content (AvgIpc) is 3.20. The molecular formula is C23H27F2N5. The number of likely N-dealkylation sites (tertiary alicyclic amines) is 1. The molecule has 30 heavy (non-hydrogen) atoms. The molecule has 3 aliphatic rings. The van der Waals surface area contributed by atoms with Crippen molar-refractivity contribution in [2.24, 2.45) is 11.7 Å². The molecule has 1 fully saturated rings. The summed E-state index contributed by atoms with van der Waals surface area (Å²) in [5.41, 5.74) is 16.9. The molecular weight excluding hydrogens is 384 g/mol. The smallest absolute Gasteiger partial charge is 0.266 e. The molecule has 1 saturated heterocycles. The molecule has 4 rings (SSSR count). The van der Waals surface area contributed by atoms with Crippen LogP contribution in [0, 0.1) is 11.3 Å². The molecule has 3 heterocycles. The molecule has 3 aliphatic heterocycles. The van der Waals surface area contributed by atoms with Crippen molar-refractivity contribution >= 4 is 11.3 Å². The number of hydrazine groups is 1. The van der Waals surface area contributed by atoms with E-state index in [1.54, 1.807) is 5.01 Å². The van der Waals surface area contributed by atoms with Gasteiger partial charge in [0.25, 0.3) is 5.92 Å². The van der Waals surface area contributed by atoms with Crippen molar-refractivity contribution in [3.8, 4) is 0 Å². The van der Waals surface area contributed by atoms with Crippen LogP contribution in [0.5, 0.6) is 0 Å². The van der Waals surface area contributed by atoms with Gasteiger partial charge in [-0.2, -0.15) is 0 Å². The number of halogens is 2. The lowest BCUT2D eigenvalue weighted by atomic mass is 9.92. The average molecular weight is 412 g/mol. The van der Waals surface area contributed by atoms with Crippen molar-refractivity contribution in [2.75, 3.05) is 13.1 Å². The van der Waals surface area contributed by atoms with Crippen molar-refractivity contribution in [3.05, 3.63) is 70.5 Å². The molecule has 5 nitrogen and oxygen atoms in total. The van der Waals surface area contributed by atoms with Crippen LogP contribution < -0.4 is 11.2 Å². The van der Waals surface area contributed by atoms with Gasteiger partial charge in [0.1, 0.15) is 17.6 Å². The molecule has 0 bridgehead atoms. The Morgan fingerprint density at radius 2 is 2.00 bits per heavy atom. The summed E-state index contributed by atoms with van der Waals surface area (Å²) in [5, 5.41) is 9.73. The number of nitrogens with one attached hydrogen (secondary N) is 2. The first-order valence-corrected chi connectivity index (χ1v) is 10.2. The van der Waals surface area contributed by atoms with Crippen LogP contribution in [-0.2, 0) is 0 Å². The van der Waals surface area contributed by atoms with Crippen molar-refractivity contribution in [1.82, 2.24) is 15.3 Å². The highest BCUT2D eigenvalue weighted by Crippen LogP contribution is 2.41. The Morgan fingerprint density at radius 1 is 1.30 bits per heavy atom. The van der Waals surface area contributed by atoms with Gasteiger partial charge in [-0.25, -0.2) is 19.2 Å². The van der Waals surface area contributed by atoms with Crippen molar-refractivity contribution in [2.45, 2.75) is 39.2 Å². The molecule has 1 aromatic rings. The van der Waals surface area contributed by atoms with E-state index in [9.17, 15) is 8.78 Å². The molecule has 0 aliphatic carbocycles. The molecule has 1 aromatic carbocycles. The maximum atomic E-state index is 14.2. The molecule has 2 unspecified atom stereocenters. The summed E-state index contributed by atoms with van der Waals surface area (Å²) in [6.45, 7) is 6.08. The molecule has 4 N–H and O–H groups in total. The molecule has 0 aromatic heterocycles. The van der Waals surface area contributed by atoms with E-state index in [0.29, 0.717) is 23.7 Å². The number of allylic oxidation sites excluding steroid dienone is 2. The third-order valence-corrected chi connectivity index (χ3v) is 6.06. The molecule has 2 atom stereocenters. The summed E-state index contributed by atoms with van der Waals surface area (Å²) in [5.74, 6) is -2.02. The van der Waals surface area contributed by atoms with Crippen LogP contribution in [0.1, 0.15) is 32.8 Å². The number of nitrogens with two attached hydrogens (primary N) is 1. The topological polar surface area (TPSA) is 68.4 Å². The van der Waals surface area contributed by atoms with Gasteiger partial charge in [-0.1, -0.05) is 36.1 Å². The van der Waals surface area contributed by atoms with Crippen LogP contribution in [-0.4, -0.2) is 40.7 Å². The Kier molecular flexibility index (Phi) is 5.04. The van der Waals surface area contributed by atoms with Gasteiger partial charge >= 0.3 is 0 Å². The lowest BCUT2D eigenvalue weighted by Crippen LogP contribution is -2.55. The second-order valence-corrected chi connectivity index (χ2v) is 8.28. The van der Waals surface area contributed by atoms with E-state index in [2.05, 4.69) is 16.1 Å². The van der Waals surface area contributed by atoms with E-state index < -0.39 is 12.0 Å². The number of alkyl halides is 2. The van der Waals surface area contributed by atoms with E-state index in [0.717, 1.165) is 42.4 Å². The molecule has 0 spiro atoms. The predicted octanol–water partition coefficient (Wildman–Crippen LogP) is 3.85. The van der Waals surface area contributed by atoms with E-state index in [1.807, 2.05) is 44.2 Å². The summed E-state index contributed by atoms with van der Waals surface area (Å²) >= 11 is 0. The third kappa shape index (κ3) is 3.44. The van der Waals surface area contributed by atoms with Gasteiger partial charge in [0.05, 0.1) is 5.70 Å². The Balaban J connectivity index is 1.90. The summed E-state index contributed by atoms with van der Waals surface area (Å²) in [6.07, 6.45) is 2.21. The van der Waals surface area contributed by atoms with E-state index >= 15 is 0 Å². The monoisotopic (exact) mass is 411 g/mol. The van der Waals surface area contributed by atoms with Crippen LogP contribution in [0.2, 0.25) is 0 Å². The maximum Gasteiger partial charge on any atom is 0.266 e. The highest BCUT2D eigenvalue weighted by Gasteiger charge is 2.42. The summed E-state index contributed by atoms with van der Waals surface area (Å²) in [6, 6.07) is 8.66. The van der Waals surface area contributed by atoms with Gasteiger partial charge in [-0.3, -0.25) is 0 Å². The highest BCUT2D eigenvalue weighted by molar-refractivity contribution is 5.85. The number of benzene rings is 1. The fourth-order valence-electron chi connectivity index (χ4n) is 4.24.